The molecule has 26 heavy (non-hydrogen) atoms. The number of rotatable bonds is 8. The monoisotopic (exact) mass is 371 g/mol. The number of carbonyl (C=O) groups is 3. The molecule has 8 heteroatoms. The number of esters is 2. The van der Waals surface area contributed by atoms with Gasteiger partial charge in [-0.3, -0.25) is 4.79 Å². The summed E-state index contributed by atoms with van der Waals surface area (Å²) in [4.78, 5) is 37.9. The number of carbonyl (C=O) groups excluding carboxylic acids is 3. The molecule has 3 unspecified atom stereocenters. The second-order valence-corrected chi connectivity index (χ2v) is 6.57. The standard InChI is InChI=1S/C18H29NO7/c1-3-23-18(22)15-8-4-5-9-19(15)16(20)12-26-17(21)13(2)25-11-14-7-6-10-24-14/h13-15H,3-12H2,1-2H3. The van der Waals surface area contributed by atoms with Gasteiger partial charge in [-0.15, -0.1) is 0 Å². The van der Waals surface area contributed by atoms with Gasteiger partial charge in [0.05, 0.1) is 19.3 Å². The van der Waals surface area contributed by atoms with Crippen molar-refractivity contribution < 1.29 is 33.3 Å². The third-order valence-electron chi connectivity index (χ3n) is 4.61. The SMILES string of the molecule is CCOC(=O)C1CCCCN1C(=O)COC(=O)C(C)OCC1CCCO1. The largest absolute Gasteiger partial charge is 0.464 e. The Hall–Kier alpha value is -1.67. The van der Waals surface area contributed by atoms with Crippen molar-refractivity contribution in [1.82, 2.24) is 4.90 Å². The summed E-state index contributed by atoms with van der Waals surface area (Å²) in [7, 11) is 0. The van der Waals surface area contributed by atoms with Crippen molar-refractivity contribution in [3.8, 4) is 0 Å². The van der Waals surface area contributed by atoms with Crippen LogP contribution in [0.2, 0.25) is 0 Å². The number of hydrogen-bond acceptors (Lipinski definition) is 7. The minimum absolute atomic E-state index is 0.0190. The zero-order chi connectivity index (χ0) is 18.9. The van der Waals surface area contributed by atoms with Crippen molar-refractivity contribution in [3.05, 3.63) is 0 Å². The Bertz CT molecular complexity index is 490. The summed E-state index contributed by atoms with van der Waals surface area (Å²) in [5.41, 5.74) is 0. The first kappa shape index (κ1) is 20.6. The molecule has 0 aliphatic carbocycles. The van der Waals surface area contributed by atoms with Crippen LogP contribution >= 0.6 is 0 Å². The van der Waals surface area contributed by atoms with Crippen molar-refractivity contribution in [2.24, 2.45) is 0 Å². The van der Waals surface area contributed by atoms with E-state index in [0.29, 0.717) is 19.6 Å². The first-order chi connectivity index (χ1) is 12.5. The van der Waals surface area contributed by atoms with Crippen LogP contribution in [0.3, 0.4) is 0 Å². The molecule has 0 bridgehead atoms. The van der Waals surface area contributed by atoms with Gasteiger partial charge in [-0.1, -0.05) is 0 Å². The molecule has 1 amide bonds. The average molecular weight is 371 g/mol. The number of nitrogens with zero attached hydrogens (tertiary/aromatic N) is 1. The fourth-order valence-electron chi connectivity index (χ4n) is 3.14. The second kappa shape index (κ2) is 10.5. The fourth-order valence-corrected chi connectivity index (χ4v) is 3.14. The predicted octanol–water partition coefficient (Wildman–Crippen LogP) is 1.06. The molecule has 0 N–H and O–H groups in total. The van der Waals surface area contributed by atoms with Crippen LogP contribution in [-0.2, 0) is 33.3 Å². The van der Waals surface area contributed by atoms with Gasteiger partial charge in [-0.25, -0.2) is 9.59 Å². The molecule has 2 rings (SSSR count). The molecule has 2 fully saturated rings. The van der Waals surface area contributed by atoms with Crippen LogP contribution in [0, 0.1) is 0 Å². The van der Waals surface area contributed by atoms with E-state index in [0.717, 1.165) is 32.3 Å². The number of amides is 1. The Morgan fingerprint density at radius 2 is 1.96 bits per heavy atom. The summed E-state index contributed by atoms with van der Waals surface area (Å²) >= 11 is 0. The lowest BCUT2D eigenvalue weighted by Gasteiger charge is -2.33. The lowest BCUT2D eigenvalue weighted by atomic mass is 10.0. The van der Waals surface area contributed by atoms with Gasteiger partial charge < -0.3 is 23.8 Å². The maximum Gasteiger partial charge on any atom is 0.335 e. The van der Waals surface area contributed by atoms with Gasteiger partial charge in [0.1, 0.15) is 6.04 Å². The minimum Gasteiger partial charge on any atom is -0.464 e. The van der Waals surface area contributed by atoms with E-state index < -0.39 is 30.7 Å². The highest BCUT2D eigenvalue weighted by Crippen LogP contribution is 2.19. The summed E-state index contributed by atoms with van der Waals surface area (Å²) in [5.74, 6) is -1.39. The Balaban J connectivity index is 1.76. The number of ether oxygens (including phenoxy) is 4. The average Bonchev–Trinajstić information content (AvgIpc) is 3.17. The molecule has 8 nitrogen and oxygen atoms in total. The number of hydrogen-bond donors (Lipinski definition) is 0. The van der Waals surface area contributed by atoms with E-state index in [2.05, 4.69) is 0 Å². The normalized spacial score (nSPS) is 24.2. The molecule has 0 aromatic rings. The summed E-state index contributed by atoms with van der Waals surface area (Å²) < 4.78 is 21.0. The van der Waals surface area contributed by atoms with E-state index in [1.807, 2.05) is 0 Å². The van der Waals surface area contributed by atoms with Gasteiger partial charge in [0.25, 0.3) is 5.91 Å². The predicted molar refractivity (Wildman–Crippen MR) is 91.3 cm³/mol. The molecule has 2 heterocycles. The smallest absolute Gasteiger partial charge is 0.335 e. The molecule has 0 aromatic carbocycles. The summed E-state index contributed by atoms with van der Waals surface area (Å²) in [6, 6.07) is -0.594. The Morgan fingerprint density at radius 1 is 1.15 bits per heavy atom. The zero-order valence-electron chi connectivity index (χ0n) is 15.6. The summed E-state index contributed by atoms with van der Waals surface area (Å²) in [6.07, 6.45) is 3.42. The molecule has 0 saturated carbocycles. The lowest BCUT2D eigenvalue weighted by Crippen LogP contribution is -2.50. The molecule has 0 radical (unpaired) electrons. The first-order valence-corrected chi connectivity index (χ1v) is 9.38. The van der Waals surface area contributed by atoms with E-state index in [1.54, 1.807) is 13.8 Å². The van der Waals surface area contributed by atoms with Crippen LogP contribution in [0.4, 0.5) is 0 Å². The number of likely N-dealkylation sites (tertiary alicyclic amines) is 1. The van der Waals surface area contributed by atoms with Crippen molar-refractivity contribution in [3.63, 3.8) is 0 Å². The molecule has 0 aromatic heterocycles. The van der Waals surface area contributed by atoms with Crippen molar-refractivity contribution in [1.29, 1.82) is 0 Å². The topological polar surface area (TPSA) is 91.4 Å². The lowest BCUT2D eigenvalue weighted by molar-refractivity contribution is -0.166. The highest BCUT2D eigenvalue weighted by Gasteiger charge is 2.33. The van der Waals surface area contributed by atoms with Crippen molar-refractivity contribution in [2.45, 2.75) is 64.2 Å². The third-order valence-corrected chi connectivity index (χ3v) is 4.61. The fraction of sp³-hybridized carbons (Fsp3) is 0.833. The van der Waals surface area contributed by atoms with Gasteiger partial charge in [0.2, 0.25) is 0 Å². The zero-order valence-corrected chi connectivity index (χ0v) is 15.6. The van der Waals surface area contributed by atoms with Gasteiger partial charge in [-0.05, 0) is 46.0 Å². The molecule has 2 aliphatic rings. The Kier molecular flexibility index (Phi) is 8.31. The van der Waals surface area contributed by atoms with Crippen LogP contribution < -0.4 is 0 Å². The maximum absolute atomic E-state index is 12.4. The number of piperidine rings is 1. The van der Waals surface area contributed by atoms with Crippen molar-refractivity contribution in [2.75, 3.05) is 33.0 Å². The second-order valence-electron chi connectivity index (χ2n) is 6.57. The highest BCUT2D eigenvalue weighted by atomic mass is 16.6. The van der Waals surface area contributed by atoms with Gasteiger partial charge >= 0.3 is 11.9 Å². The van der Waals surface area contributed by atoms with Crippen LogP contribution in [0.15, 0.2) is 0 Å². The van der Waals surface area contributed by atoms with Gasteiger partial charge in [-0.2, -0.15) is 0 Å². The Morgan fingerprint density at radius 3 is 2.65 bits per heavy atom. The molecule has 0 spiro atoms. The van der Waals surface area contributed by atoms with Crippen molar-refractivity contribution >= 4 is 17.8 Å². The van der Waals surface area contributed by atoms with E-state index in [4.69, 9.17) is 18.9 Å². The first-order valence-electron chi connectivity index (χ1n) is 9.38. The summed E-state index contributed by atoms with van der Waals surface area (Å²) in [5, 5.41) is 0. The van der Waals surface area contributed by atoms with E-state index in [-0.39, 0.29) is 18.6 Å². The highest BCUT2D eigenvalue weighted by molar-refractivity contribution is 5.87. The van der Waals surface area contributed by atoms with Crippen LogP contribution in [-0.4, -0.2) is 74.0 Å². The van der Waals surface area contributed by atoms with Crippen LogP contribution in [0.1, 0.15) is 46.0 Å². The maximum atomic E-state index is 12.4. The molecule has 3 atom stereocenters. The van der Waals surface area contributed by atoms with E-state index >= 15 is 0 Å². The molecule has 2 saturated heterocycles. The molecular weight excluding hydrogens is 342 g/mol. The quantitative estimate of drug-likeness (QED) is 0.589. The van der Waals surface area contributed by atoms with Crippen LogP contribution in [0.5, 0.6) is 0 Å². The van der Waals surface area contributed by atoms with Gasteiger partial charge in [0.15, 0.2) is 12.7 Å². The minimum atomic E-state index is -0.769. The van der Waals surface area contributed by atoms with E-state index in [1.165, 1.54) is 4.90 Å². The molecular formula is C18H29NO7. The van der Waals surface area contributed by atoms with Crippen LogP contribution in [0.25, 0.3) is 0 Å². The molecule has 148 valence electrons. The van der Waals surface area contributed by atoms with Gasteiger partial charge in [0, 0.05) is 13.2 Å². The molecule has 2 aliphatic heterocycles. The summed E-state index contributed by atoms with van der Waals surface area (Å²) in [6.45, 7) is 4.70. The third kappa shape index (κ3) is 5.95. The Labute approximate surface area is 154 Å². The van der Waals surface area contributed by atoms with E-state index in [9.17, 15) is 14.4 Å².